The fraction of sp³-hybridized carbons (Fsp3) is 0.562. The lowest BCUT2D eigenvalue weighted by molar-refractivity contribution is 0.0724. The van der Waals surface area contributed by atoms with Crippen molar-refractivity contribution in [2.24, 2.45) is 0 Å². The van der Waals surface area contributed by atoms with Crippen LogP contribution >= 0.6 is 0 Å². The Hall–Kier alpha value is -1.55. The third-order valence-corrected chi connectivity index (χ3v) is 4.24. The highest BCUT2D eigenvalue weighted by molar-refractivity contribution is 5.75. The number of nitrogens with zero attached hydrogens (tertiary/aromatic N) is 1. The van der Waals surface area contributed by atoms with E-state index in [9.17, 15) is 4.79 Å². The normalized spacial score (nSPS) is 25.8. The number of likely N-dealkylation sites (tertiary alicyclic amines) is 1. The Morgan fingerprint density at radius 1 is 1.30 bits per heavy atom. The van der Waals surface area contributed by atoms with Crippen molar-refractivity contribution in [3.8, 4) is 0 Å². The SMILES string of the molecule is CO[C@@H]1CCN(C(=O)NC2CC2)[C@H]1Cc1ccccc1. The van der Waals surface area contributed by atoms with E-state index in [4.69, 9.17) is 4.74 Å². The van der Waals surface area contributed by atoms with E-state index in [1.807, 2.05) is 23.1 Å². The molecule has 1 saturated heterocycles. The summed E-state index contributed by atoms with van der Waals surface area (Å²) in [6, 6.07) is 10.9. The second kappa shape index (κ2) is 5.83. The van der Waals surface area contributed by atoms with Crippen LogP contribution in [0, 0.1) is 0 Å². The summed E-state index contributed by atoms with van der Waals surface area (Å²) in [6.45, 7) is 0.786. The summed E-state index contributed by atoms with van der Waals surface area (Å²) < 4.78 is 5.58. The fourth-order valence-corrected chi connectivity index (χ4v) is 2.93. The lowest BCUT2D eigenvalue weighted by atomic mass is 10.0. The summed E-state index contributed by atoms with van der Waals surface area (Å²) in [5.74, 6) is 0. The van der Waals surface area contributed by atoms with Crippen LogP contribution in [0.3, 0.4) is 0 Å². The average molecular weight is 274 g/mol. The maximum absolute atomic E-state index is 12.3. The van der Waals surface area contributed by atoms with Crippen molar-refractivity contribution in [3.63, 3.8) is 0 Å². The Morgan fingerprint density at radius 2 is 2.05 bits per heavy atom. The zero-order valence-electron chi connectivity index (χ0n) is 11.9. The second-order valence-electron chi connectivity index (χ2n) is 5.74. The third kappa shape index (κ3) is 2.96. The minimum atomic E-state index is 0.0768. The Morgan fingerprint density at radius 3 is 2.70 bits per heavy atom. The first-order valence-corrected chi connectivity index (χ1v) is 7.42. The minimum absolute atomic E-state index is 0.0768. The summed E-state index contributed by atoms with van der Waals surface area (Å²) >= 11 is 0. The highest BCUT2D eigenvalue weighted by Crippen LogP contribution is 2.26. The first-order chi connectivity index (χ1) is 9.78. The number of rotatable bonds is 4. The molecule has 1 aromatic rings. The molecule has 0 spiro atoms. The second-order valence-corrected chi connectivity index (χ2v) is 5.74. The van der Waals surface area contributed by atoms with Gasteiger partial charge in [0.15, 0.2) is 0 Å². The summed E-state index contributed by atoms with van der Waals surface area (Å²) in [5, 5.41) is 3.09. The number of carbonyl (C=O) groups excluding carboxylic acids is 1. The molecule has 1 saturated carbocycles. The number of amides is 2. The van der Waals surface area contributed by atoms with Crippen LogP contribution in [0.2, 0.25) is 0 Å². The highest BCUT2D eigenvalue weighted by Gasteiger charge is 2.38. The molecule has 3 rings (SSSR count). The van der Waals surface area contributed by atoms with Gasteiger partial charge in [-0.3, -0.25) is 0 Å². The van der Waals surface area contributed by atoms with E-state index in [0.29, 0.717) is 6.04 Å². The van der Waals surface area contributed by atoms with Crippen LogP contribution < -0.4 is 5.32 Å². The van der Waals surface area contributed by atoms with Crippen molar-refractivity contribution < 1.29 is 9.53 Å². The molecule has 1 N–H and O–H groups in total. The molecule has 0 aromatic heterocycles. The zero-order chi connectivity index (χ0) is 13.9. The van der Waals surface area contributed by atoms with Crippen LogP contribution in [0.4, 0.5) is 4.79 Å². The van der Waals surface area contributed by atoms with Gasteiger partial charge in [-0.1, -0.05) is 30.3 Å². The number of hydrogen-bond donors (Lipinski definition) is 1. The van der Waals surface area contributed by atoms with Crippen LogP contribution in [-0.4, -0.2) is 42.8 Å². The maximum atomic E-state index is 12.3. The third-order valence-electron chi connectivity index (χ3n) is 4.24. The number of methoxy groups -OCH3 is 1. The summed E-state index contributed by atoms with van der Waals surface area (Å²) in [5.41, 5.74) is 1.26. The predicted octanol–water partition coefficient (Wildman–Crippen LogP) is 2.19. The molecule has 20 heavy (non-hydrogen) atoms. The van der Waals surface area contributed by atoms with Crippen LogP contribution in [0.25, 0.3) is 0 Å². The Kier molecular flexibility index (Phi) is 3.92. The van der Waals surface area contributed by atoms with E-state index in [0.717, 1.165) is 32.2 Å². The molecule has 2 aliphatic rings. The number of benzene rings is 1. The van der Waals surface area contributed by atoms with E-state index in [-0.39, 0.29) is 18.2 Å². The first kappa shape index (κ1) is 13.4. The van der Waals surface area contributed by atoms with Crippen LogP contribution in [0.5, 0.6) is 0 Å². The molecule has 1 aromatic carbocycles. The molecule has 1 aliphatic carbocycles. The smallest absolute Gasteiger partial charge is 0.317 e. The Bertz CT molecular complexity index is 459. The maximum Gasteiger partial charge on any atom is 0.317 e. The topological polar surface area (TPSA) is 41.6 Å². The zero-order valence-corrected chi connectivity index (χ0v) is 11.9. The van der Waals surface area contributed by atoms with Gasteiger partial charge in [-0.05, 0) is 31.2 Å². The molecule has 1 aliphatic heterocycles. The van der Waals surface area contributed by atoms with E-state index in [1.165, 1.54) is 5.56 Å². The number of urea groups is 1. The van der Waals surface area contributed by atoms with Gasteiger partial charge in [0, 0.05) is 19.7 Å². The van der Waals surface area contributed by atoms with Crippen molar-refractivity contribution in [3.05, 3.63) is 35.9 Å². The van der Waals surface area contributed by atoms with E-state index < -0.39 is 0 Å². The quantitative estimate of drug-likeness (QED) is 0.914. The van der Waals surface area contributed by atoms with Gasteiger partial charge >= 0.3 is 6.03 Å². The number of hydrogen-bond acceptors (Lipinski definition) is 2. The molecule has 1 heterocycles. The molecule has 2 amide bonds. The molecule has 0 unspecified atom stereocenters. The van der Waals surface area contributed by atoms with Crippen molar-refractivity contribution in [2.75, 3.05) is 13.7 Å². The van der Waals surface area contributed by atoms with Crippen LogP contribution in [0.15, 0.2) is 30.3 Å². The van der Waals surface area contributed by atoms with Crippen LogP contribution in [-0.2, 0) is 11.2 Å². The van der Waals surface area contributed by atoms with Gasteiger partial charge in [0.2, 0.25) is 0 Å². The standard InChI is InChI=1S/C16H22N2O2/c1-20-15-9-10-18(16(19)17-13-7-8-13)14(15)11-12-5-3-2-4-6-12/h2-6,13-15H,7-11H2,1H3,(H,17,19)/t14-,15+/m0/s1. The number of carbonyl (C=O) groups is 1. The first-order valence-electron chi connectivity index (χ1n) is 7.42. The molecule has 0 bridgehead atoms. The van der Waals surface area contributed by atoms with Gasteiger partial charge < -0.3 is 15.0 Å². The molecule has 4 nitrogen and oxygen atoms in total. The van der Waals surface area contributed by atoms with Gasteiger partial charge in [-0.2, -0.15) is 0 Å². The molecule has 2 fully saturated rings. The Labute approximate surface area is 120 Å². The molecule has 0 radical (unpaired) electrons. The van der Waals surface area contributed by atoms with Gasteiger partial charge in [0.1, 0.15) is 0 Å². The van der Waals surface area contributed by atoms with E-state index in [1.54, 1.807) is 7.11 Å². The lowest BCUT2D eigenvalue weighted by Crippen LogP contribution is -2.47. The average Bonchev–Trinajstić information content (AvgIpc) is 3.18. The fourth-order valence-electron chi connectivity index (χ4n) is 2.93. The predicted molar refractivity (Wildman–Crippen MR) is 77.6 cm³/mol. The van der Waals surface area contributed by atoms with Crippen molar-refractivity contribution in [2.45, 2.75) is 43.9 Å². The summed E-state index contributed by atoms with van der Waals surface area (Å²) in [7, 11) is 1.74. The molecule has 2 atom stereocenters. The molecule has 4 heteroatoms. The lowest BCUT2D eigenvalue weighted by Gasteiger charge is -2.28. The minimum Gasteiger partial charge on any atom is -0.379 e. The monoisotopic (exact) mass is 274 g/mol. The highest BCUT2D eigenvalue weighted by atomic mass is 16.5. The summed E-state index contributed by atoms with van der Waals surface area (Å²) in [6.07, 6.45) is 4.16. The van der Waals surface area contributed by atoms with Crippen molar-refractivity contribution >= 4 is 6.03 Å². The summed E-state index contributed by atoms with van der Waals surface area (Å²) in [4.78, 5) is 14.3. The number of nitrogens with one attached hydrogen (secondary N) is 1. The van der Waals surface area contributed by atoms with Gasteiger partial charge in [0.25, 0.3) is 0 Å². The molecular formula is C16H22N2O2. The van der Waals surface area contributed by atoms with Crippen molar-refractivity contribution in [1.29, 1.82) is 0 Å². The van der Waals surface area contributed by atoms with Crippen molar-refractivity contribution in [1.82, 2.24) is 10.2 Å². The van der Waals surface area contributed by atoms with Gasteiger partial charge in [-0.25, -0.2) is 4.79 Å². The van der Waals surface area contributed by atoms with E-state index >= 15 is 0 Å². The molecule has 108 valence electrons. The number of ether oxygens (including phenoxy) is 1. The molecular weight excluding hydrogens is 252 g/mol. The van der Waals surface area contributed by atoms with E-state index in [2.05, 4.69) is 17.4 Å². The Balaban J connectivity index is 1.70. The van der Waals surface area contributed by atoms with Gasteiger partial charge in [-0.15, -0.1) is 0 Å². The largest absolute Gasteiger partial charge is 0.379 e. The van der Waals surface area contributed by atoms with Crippen LogP contribution in [0.1, 0.15) is 24.8 Å². The van der Waals surface area contributed by atoms with Gasteiger partial charge in [0.05, 0.1) is 12.1 Å².